The standard InChI is InChI=1S/C23H34N6O3/c1-15(2)20-24-17(4)13-18(25-20)27-9-11-28(12-10-27)19(30)14-29-21(31)23(26-22(29)32)8-6-5-7-16(23)3/h13,15-16H,5-12,14H2,1-4H3,(H,26,32)/t16-,23+/m1/s1. The van der Waals surface area contributed by atoms with Crippen LogP contribution in [0.2, 0.25) is 0 Å². The fourth-order valence-electron chi connectivity index (χ4n) is 5.05. The molecule has 1 spiro atoms. The van der Waals surface area contributed by atoms with Crippen LogP contribution in [-0.4, -0.2) is 75.9 Å². The first-order valence-corrected chi connectivity index (χ1v) is 11.7. The minimum atomic E-state index is -0.826. The number of imide groups is 1. The van der Waals surface area contributed by atoms with Gasteiger partial charge in [0.2, 0.25) is 5.91 Å². The number of hydrogen-bond donors (Lipinski definition) is 1. The summed E-state index contributed by atoms with van der Waals surface area (Å²) >= 11 is 0. The van der Waals surface area contributed by atoms with E-state index in [0.717, 1.165) is 41.5 Å². The number of urea groups is 1. The number of nitrogens with one attached hydrogen (secondary N) is 1. The highest BCUT2D eigenvalue weighted by atomic mass is 16.2. The van der Waals surface area contributed by atoms with Crippen LogP contribution in [0.4, 0.5) is 10.6 Å². The minimum Gasteiger partial charge on any atom is -0.353 e. The molecule has 1 N–H and O–H groups in total. The molecule has 0 radical (unpaired) electrons. The van der Waals surface area contributed by atoms with Crippen LogP contribution in [0.5, 0.6) is 0 Å². The highest BCUT2D eigenvalue weighted by molar-refractivity contribution is 6.09. The van der Waals surface area contributed by atoms with E-state index >= 15 is 0 Å². The second-order valence-corrected chi connectivity index (χ2v) is 9.69. The zero-order valence-corrected chi connectivity index (χ0v) is 19.6. The molecule has 0 bridgehead atoms. The van der Waals surface area contributed by atoms with E-state index in [2.05, 4.69) is 29.0 Å². The maximum atomic E-state index is 13.1. The number of carbonyl (C=O) groups is 3. The molecule has 3 aliphatic rings. The van der Waals surface area contributed by atoms with Gasteiger partial charge in [-0.2, -0.15) is 0 Å². The van der Waals surface area contributed by atoms with Gasteiger partial charge in [0, 0.05) is 43.9 Å². The number of aryl methyl sites for hydroxylation is 1. The Hall–Kier alpha value is -2.71. The number of rotatable bonds is 4. The quantitative estimate of drug-likeness (QED) is 0.717. The summed E-state index contributed by atoms with van der Waals surface area (Å²) in [5.41, 5.74) is 0.106. The van der Waals surface area contributed by atoms with E-state index < -0.39 is 11.6 Å². The van der Waals surface area contributed by atoms with E-state index in [9.17, 15) is 14.4 Å². The number of amides is 4. The Morgan fingerprint density at radius 2 is 1.91 bits per heavy atom. The largest absolute Gasteiger partial charge is 0.353 e. The molecule has 0 unspecified atom stereocenters. The molecule has 1 aromatic rings. The third-order valence-corrected chi connectivity index (χ3v) is 7.13. The van der Waals surface area contributed by atoms with E-state index in [0.29, 0.717) is 32.6 Å². The van der Waals surface area contributed by atoms with Crippen molar-refractivity contribution in [1.82, 2.24) is 25.1 Å². The van der Waals surface area contributed by atoms with Gasteiger partial charge in [-0.05, 0) is 25.7 Å². The molecule has 4 rings (SSSR count). The lowest BCUT2D eigenvalue weighted by Crippen LogP contribution is -2.55. The van der Waals surface area contributed by atoms with Gasteiger partial charge in [0.15, 0.2) is 0 Å². The first kappa shape index (κ1) is 22.5. The lowest BCUT2D eigenvalue weighted by atomic mass is 9.73. The topological polar surface area (TPSA) is 98.7 Å². The average molecular weight is 443 g/mol. The van der Waals surface area contributed by atoms with Gasteiger partial charge >= 0.3 is 6.03 Å². The number of carbonyl (C=O) groups excluding carboxylic acids is 3. The van der Waals surface area contributed by atoms with Crippen LogP contribution in [0.3, 0.4) is 0 Å². The summed E-state index contributed by atoms with van der Waals surface area (Å²) in [6.07, 6.45) is 3.55. The monoisotopic (exact) mass is 442 g/mol. The fourth-order valence-corrected chi connectivity index (χ4v) is 5.05. The van der Waals surface area contributed by atoms with Gasteiger partial charge in [-0.15, -0.1) is 0 Å². The van der Waals surface area contributed by atoms with Gasteiger partial charge in [-0.25, -0.2) is 14.8 Å². The predicted molar refractivity (Wildman–Crippen MR) is 120 cm³/mol. The fraction of sp³-hybridized carbons (Fsp3) is 0.696. The number of piperazine rings is 1. The van der Waals surface area contributed by atoms with Gasteiger partial charge in [0.25, 0.3) is 5.91 Å². The van der Waals surface area contributed by atoms with E-state index in [1.165, 1.54) is 0 Å². The molecule has 9 nitrogen and oxygen atoms in total. The molecule has 2 aliphatic heterocycles. The molecule has 0 aromatic carbocycles. The first-order valence-electron chi connectivity index (χ1n) is 11.7. The van der Waals surface area contributed by atoms with Crippen LogP contribution in [0.25, 0.3) is 0 Å². The zero-order valence-electron chi connectivity index (χ0n) is 19.6. The minimum absolute atomic E-state index is 0.0865. The molecule has 3 fully saturated rings. The summed E-state index contributed by atoms with van der Waals surface area (Å²) in [5.74, 6) is 1.62. The Morgan fingerprint density at radius 3 is 2.56 bits per heavy atom. The van der Waals surface area contributed by atoms with Crippen molar-refractivity contribution < 1.29 is 14.4 Å². The van der Waals surface area contributed by atoms with E-state index in [1.807, 2.05) is 19.9 Å². The Morgan fingerprint density at radius 1 is 1.19 bits per heavy atom. The number of nitrogens with zero attached hydrogens (tertiary/aromatic N) is 5. The van der Waals surface area contributed by atoms with Crippen molar-refractivity contribution in [3.05, 3.63) is 17.6 Å². The molecular weight excluding hydrogens is 408 g/mol. The molecule has 174 valence electrons. The molecule has 2 atom stereocenters. The second-order valence-electron chi connectivity index (χ2n) is 9.69. The van der Waals surface area contributed by atoms with Gasteiger partial charge in [-0.1, -0.05) is 33.6 Å². The summed E-state index contributed by atoms with van der Waals surface area (Å²) in [6.45, 7) is 10.3. The molecule has 1 saturated carbocycles. The van der Waals surface area contributed by atoms with Crippen LogP contribution in [0.15, 0.2) is 6.07 Å². The lowest BCUT2D eigenvalue weighted by Gasteiger charge is -2.37. The van der Waals surface area contributed by atoms with E-state index in [-0.39, 0.29) is 30.2 Å². The van der Waals surface area contributed by atoms with Gasteiger partial charge in [0.05, 0.1) is 0 Å². The van der Waals surface area contributed by atoms with Crippen molar-refractivity contribution in [3.63, 3.8) is 0 Å². The number of aromatic nitrogens is 2. The average Bonchev–Trinajstić information content (AvgIpc) is 3.00. The maximum absolute atomic E-state index is 13.1. The molecule has 1 aromatic heterocycles. The molecule has 3 heterocycles. The van der Waals surface area contributed by atoms with Gasteiger partial charge in [-0.3, -0.25) is 14.5 Å². The Kier molecular flexibility index (Phi) is 6.09. The van der Waals surface area contributed by atoms with Gasteiger partial charge < -0.3 is 15.1 Å². The Balaban J connectivity index is 1.37. The Labute approximate surface area is 189 Å². The van der Waals surface area contributed by atoms with Crippen LogP contribution in [0, 0.1) is 12.8 Å². The molecule has 2 saturated heterocycles. The van der Waals surface area contributed by atoms with Crippen LogP contribution >= 0.6 is 0 Å². The molecule has 4 amide bonds. The van der Waals surface area contributed by atoms with E-state index in [1.54, 1.807) is 4.90 Å². The van der Waals surface area contributed by atoms with E-state index in [4.69, 9.17) is 4.98 Å². The number of hydrogen-bond acceptors (Lipinski definition) is 6. The van der Waals surface area contributed by atoms with Crippen LogP contribution in [0.1, 0.15) is 63.9 Å². The lowest BCUT2D eigenvalue weighted by molar-refractivity contribution is -0.140. The molecular formula is C23H34N6O3. The third-order valence-electron chi connectivity index (χ3n) is 7.13. The van der Waals surface area contributed by atoms with Crippen LogP contribution < -0.4 is 10.2 Å². The van der Waals surface area contributed by atoms with Crippen molar-refractivity contribution in [2.24, 2.45) is 5.92 Å². The molecule has 1 aliphatic carbocycles. The van der Waals surface area contributed by atoms with Crippen molar-refractivity contribution in [3.8, 4) is 0 Å². The van der Waals surface area contributed by atoms with Crippen LogP contribution in [-0.2, 0) is 9.59 Å². The van der Waals surface area contributed by atoms with Crippen molar-refractivity contribution in [1.29, 1.82) is 0 Å². The maximum Gasteiger partial charge on any atom is 0.325 e. The van der Waals surface area contributed by atoms with Gasteiger partial charge in [0.1, 0.15) is 23.7 Å². The SMILES string of the molecule is Cc1cc(N2CCN(C(=O)CN3C(=O)N[C@]4(CCCC[C@H]4C)C3=O)CC2)nc(C(C)C)n1. The predicted octanol–water partition coefficient (Wildman–Crippen LogP) is 2.06. The summed E-state index contributed by atoms with van der Waals surface area (Å²) in [7, 11) is 0. The zero-order chi connectivity index (χ0) is 23.0. The molecule has 32 heavy (non-hydrogen) atoms. The summed E-state index contributed by atoms with van der Waals surface area (Å²) in [5, 5.41) is 2.92. The third kappa shape index (κ3) is 4.04. The number of anilines is 1. The molecule has 9 heteroatoms. The van der Waals surface area contributed by atoms with Crippen molar-refractivity contribution >= 4 is 23.7 Å². The second kappa shape index (κ2) is 8.67. The highest BCUT2D eigenvalue weighted by Gasteiger charge is 2.55. The summed E-state index contributed by atoms with van der Waals surface area (Å²) in [4.78, 5) is 52.9. The Bertz CT molecular complexity index is 911. The van der Waals surface area contributed by atoms with Crippen molar-refractivity contribution in [2.75, 3.05) is 37.6 Å². The summed E-state index contributed by atoms with van der Waals surface area (Å²) in [6, 6.07) is 1.54. The van der Waals surface area contributed by atoms with Crippen molar-refractivity contribution in [2.45, 2.75) is 64.8 Å². The highest BCUT2D eigenvalue weighted by Crippen LogP contribution is 2.38. The normalized spacial score (nSPS) is 26.3. The smallest absolute Gasteiger partial charge is 0.325 e. The summed E-state index contributed by atoms with van der Waals surface area (Å²) < 4.78 is 0. The first-order chi connectivity index (χ1) is 15.2.